The van der Waals surface area contributed by atoms with E-state index in [2.05, 4.69) is 12.2 Å². The predicted octanol–water partition coefficient (Wildman–Crippen LogP) is 4.15. The lowest BCUT2D eigenvalue weighted by atomic mass is 9.93. The van der Waals surface area contributed by atoms with Crippen LogP contribution in [0, 0.1) is 0 Å². The van der Waals surface area contributed by atoms with Gasteiger partial charge in [0.15, 0.2) is 0 Å². The van der Waals surface area contributed by atoms with E-state index in [4.69, 9.17) is 28.3 Å². The van der Waals surface area contributed by atoms with Crippen LogP contribution >= 0.6 is 23.2 Å². The lowest BCUT2D eigenvalue weighted by Crippen LogP contribution is -2.47. The third-order valence-corrected chi connectivity index (χ3v) is 4.78. The van der Waals surface area contributed by atoms with Gasteiger partial charge in [-0.05, 0) is 50.8 Å². The van der Waals surface area contributed by atoms with Crippen LogP contribution in [0.5, 0.6) is 0 Å². The highest BCUT2D eigenvalue weighted by atomic mass is 35.5. The Bertz CT molecular complexity index is 524. The summed E-state index contributed by atoms with van der Waals surface area (Å²) < 4.78 is 0. The predicted molar refractivity (Wildman–Crippen MR) is 86.1 cm³/mol. The van der Waals surface area contributed by atoms with Crippen molar-refractivity contribution in [3.05, 3.63) is 28.2 Å². The van der Waals surface area contributed by atoms with Crippen LogP contribution in [0.15, 0.2) is 18.2 Å². The summed E-state index contributed by atoms with van der Waals surface area (Å²) in [4.78, 5) is 14.3. The second-order valence-corrected chi connectivity index (χ2v) is 6.45. The van der Waals surface area contributed by atoms with Crippen molar-refractivity contribution in [1.29, 1.82) is 0 Å². The number of carbonyl (C=O) groups excluding carboxylic acids is 1. The van der Waals surface area contributed by atoms with Crippen molar-refractivity contribution >= 4 is 34.9 Å². The van der Waals surface area contributed by atoms with Gasteiger partial charge >= 0.3 is 6.03 Å². The van der Waals surface area contributed by atoms with E-state index in [-0.39, 0.29) is 18.2 Å². The number of rotatable bonds is 4. The van der Waals surface area contributed by atoms with Crippen LogP contribution in [0.25, 0.3) is 0 Å². The van der Waals surface area contributed by atoms with Gasteiger partial charge in [-0.25, -0.2) is 4.79 Å². The molecule has 116 valence electrons. The SMILES string of the molecule is C[C@]1(CCCO)CCCN1C(=O)Nc1ccc(Cl)c(Cl)c1. The van der Waals surface area contributed by atoms with Gasteiger partial charge < -0.3 is 15.3 Å². The number of aliphatic hydroxyl groups excluding tert-OH is 1. The maximum Gasteiger partial charge on any atom is 0.322 e. The van der Waals surface area contributed by atoms with Crippen molar-refractivity contribution in [3.63, 3.8) is 0 Å². The van der Waals surface area contributed by atoms with Gasteiger partial charge in [0, 0.05) is 24.4 Å². The molecule has 0 spiro atoms. The van der Waals surface area contributed by atoms with Crippen molar-refractivity contribution in [2.24, 2.45) is 0 Å². The molecular weight excluding hydrogens is 311 g/mol. The Labute approximate surface area is 135 Å². The molecule has 21 heavy (non-hydrogen) atoms. The van der Waals surface area contributed by atoms with E-state index in [1.54, 1.807) is 18.2 Å². The van der Waals surface area contributed by atoms with E-state index in [0.29, 0.717) is 22.2 Å². The number of benzene rings is 1. The number of anilines is 1. The molecule has 0 aromatic heterocycles. The minimum Gasteiger partial charge on any atom is -0.396 e. The highest BCUT2D eigenvalue weighted by Gasteiger charge is 2.39. The van der Waals surface area contributed by atoms with Crippen LogP contribution in [0.1, 0.15) is 32.6 Å². The quantitative estimate of drug-likeness (QED) is 0.871. The summed E-state index contributed by atoms with van der Waals surface area (Å²) >= 11 is 11.8. The van der Waals surface area contributed by atoms with Crippen LogP contribution in [-0.4, -0.2) is 34.7 Å². The number of hydrogen-bond acceptors (Lipinski definition) is 2. The molecule has 0 radical (unpaired) electrons. The Kier molecular flexibility index (Phi) is 5.36. The Balaban J connectivity index is 2.06. The first-order chi connectivity index (χ1) is 9.96. The van der Waals surface area contributed by atoms with Crippen molar-refractivity contribution in [2.45, 2.75) is 38.1 Å². The van der Waals surface area contributed by atoms with Gasteiger partial charge in [-0.2, -0.15) is 0 Å². The average Bonchev–Trinajstić information content (AvgIpc) is 2.83. The van der Waals surface area contributed by atoms with E-state index in [1.807, 2.05) is 4.90 Å². The van der Waals surface area contributed by atoms with Crippen LogP contribution in [-0.2, 0) is 0 Å². The minimum atomic E-state index is -0.191. The molecule has 1 atom stereocenters. The molecule has 0 unspecified atom stereocenters. The standard InChI is InChI=1S/C15H20Cl2N2O2/c1-15(7-3-9-20)6-2-8-19(15)14(21)18-11-4-5-12(16)13(17)10-11/h4-5,10,20H,2-3,6-9H2,1H3,(H,18,21)/t15-/m1/s1. The lowest BCUT2D eigenvalue weighted by Gasteiger charge is -2.35. The fourth-order valence-electron chi connectivity index (χ4n) is 2.85. The maximum absolute atomic E-state index is 12.5. The molecule has 1 aliphatic heterocycles. The molecule has 0 saturated carbocycles. The zero-order chi connectivity index (χ0) is 15.5. The maximum atomic E-state index is 12.5. The van der Waals surface area contributed by atoms with Gasteiger partial charge in [0.2, 0.25) is 0 Å². The third-order valence-electron chi connectivity index (χ3n) is 4.04. The number of hydrogen-bond donors (Lipinski definition) is 2. The van der Waals surface area contributed by atoms with Gasteiger partial charge in [0.1, 0.15) is 0 Å². The summed E-state index contributed by atoms with van der Waals surface area (Å²) in [5, 5.41) is 12.8. The molecule has 0 bridgehead atoms. The Morgan fingerprint density at radius 1 is 1.43 bits per heavy atom. The summed E-state index contributed by atoms with van der Waals surface area (Å²) in [6, 6.07) is 4.90. The fraction of sp³-hybridized carbons (Fsp3) is 0.533. The molecule has 2 N–H and O–H groups in total. The zero-order valence-electron chi connectivity index (χ0n) is 12.0. The van der Waals surface area contributed by atoms with Gasteiger partial charge in [-0.15, -0.1) is 0 Å². The molecule has 1 fully saturated rings. The van der Waals surface area contributed by atoms with E-state index in [0.717, 1.165) is 25.8 Å². The molecule has 2 rings (SSSR count). The van der Waals surface area contributed by atoms with E-state index in [9.17, 15) is 4.79 Å². The minimum absolute atomic E-state index is 0.133. The highest BCUT2D eigenvalue weighted by Crippen LogP contribution is 2.34. The first-order valence-corrected chi connectivity index (χ1v) is 7.86. The number of halogens is 2. The average molecular weight is 331 g/mol. The molecule has 2 amide bonds. The van der Waals surface area contributed by atoms with Crippen LogP contribution in [0.3, 0.4) is 0 Å². The number of aliphatic hydroxyl groups is 1. The number of likely N-dealkylation sites (tertiary alicyclic amines) is 1. The number of nitrogens with one attached hydrogen (secondary N) is 1. The molecular formula is C15H20Cl2N2O2. The Morgan fingerprint density at radius 3 is 2.86 bits per heavy atom. The molecule has 1 aliphatic rings. The second-order valence-electron chi connectivity index (χ2n) is 5.64. The van der Waals surface area contributed by atoms with Gasteiger partial charge in [0.25, 0.3) is 0 Å². The first kappa shape index (κ1) is 16.4. The number of amides is 2. The number of urea groups is 1. The monoisotopic (exact) mass is 330 g/mol. The molecule has 1 saturated heterocycles. The first-order valence-electron chi connectivity index (χ1n) is 7.11. The van der Waals surface area contributed by atoms with Crippen molar-refractivity contribution in [2.75, 3.05) is 18.5 Å². The van der Waals surface area contributed by atoms with Crippen LogP contribution in [0.4, 0.5) is 10.5 Å². The molecule has 1 heterocycles. The normalized spacial score (nSPS) is 21.6. The van der Waals surface area contributed by atoms with E-state index in [1.165, 1.54) is 0 Å². The number of carbonyl (C=O) groups is 1. The highest BCUT2D eigenvalue weighted by molar-refractivity contribution is 6.42. The molecule has 6 heteroatoms. The van der Waals surface area contributed by atoms with E-state index < -0.39 is 0 Å². The van der Waals surface area contributed by atoms with E-state index >= 15 is 0 Å². The summed E-state index contributed by atoms with van der Waals surface area (Å²) in [6.45, 7) is 2.96. The molecule has 1 aromatic carbocycles. The zero-order valence-corrected chi connectivity index (χ0v) is 13.5. The Morgan fingerprint density at radius 2 is 2.19 bits per heavy atom. The topological polar surface area (TPSA) is 52.6 Å². The number of nitrogens with zero attached hydrogens (tertiary/aromatic N) is 1. The van der Waals surface area contributed by atoms with Gasteiger partial charge in [0.05, 0.1) is 10.0 Å². The summed E-state index contributed by atoms with van der Waals surface area (Å²) in [7, 11) is 0. The second kappa shape index (κ2) is 6.86. The van der Waals surface area contributed by atoms with Gasteiger partial charge in [-0.1, -0.05) is 23.2 Å². The van der Waals surface area contributed by atoms with Gasteiger partial charge in [-0.3, -0.25) is 0 Å². The molecule has 0 aliphatic carbocycles. The largest absolute Gasteiger partial charge is 0.396 e. The molecule has 1 aromatic rings. The van der Waals surface area contributed by atoms with Crippen molar-refractivity contribution < 1.29 is 9.90 Å². The Hall–Kier alpha value is -0.970. The summed E-state index contributed by atoms with van der Waals surface area (Å²) in [5.74, 6) is 0. The lowest BCUT2D eigenvalue weighted by molar-refractivity contribution is 0.151. The fourth-order valence-corrected chi connectivity index (χ4v) is 3.15. The van der Waals surface area contributed by atoms with Crippen molar-refractivity contribution in [1.82, 2.24) is 4.90 Å². The smallest absolute Gasteiger partial charge is 0.322 e. The summed E-state index contributed by atoms with van der Waals surface area (Å²) in [6.07, 6.45) is 3.45. The summed E-state index contributed by atoms with van der Waals surface area (Å²) in [5.41, 5.74) is 0.439. The third kappa shape index (κ3) is 3.82. The van der Waals surface area contributed by atoms with Crippen LogP contribution in [0.2, 0.25) is 10.0 Å². The van der Waals surface area contributed by atoms with Crippen molar-refractivity contribution in [3.8, 4) is 0 Å². The molecule has 4 nitrogen and oxygen atoms in total. The van der Waals surface area contributed by atoms with Crippen LogP contribution < -0.4 is 5.32 Å².